The van der Waals surface area contributed by atoms with Gasteiger partial charge in [-0.1, -0.05) is 28.9 Å². The van der Waals surface area contributed by atoms with Crippen LogP contribution in [0.15, 0.2) is 41.0 Å². The van der Waals surface area contributed by atoms with Gasteiger partial charge in [0.15, 0.2) is 0 Å². The molecule has 1 N–H and O–H groups in total. The first-order valence-electron chi connectivity index (χ1n) is 7.79. The van der Waals surface area contributed by atoms with Gasteiger partial charge >= 0.3 is 0 Å². The zero-order valence-electron chi connectivity index (χ0n) is 14.0. The van der Waals surface area contributed by atoms with E-state index in [0.29, 0.717) is 28.3 Å². The average Bonchev–Trinajstić information content (AvgIpc) is 2.64. The lowest BCUT2D eigenvalue weighted by Crippen LogP contribution is -2.31. The number of methoxy groups -OCH3 is 1. The molecule has 0 unspecified atom stereocenters. The molecule has 7 heteroatoms. The number of ketones is 1. The third-order valence-electron chi connectivity index (χ3n) is 3.34. The summed E-state index contributed by atoms with van der Waals surface area (Å²) >= 11 is 3.29. The van der Waals surface area contributed by atoms with Crippen LogP contribution in [0.4, 0.5) is 0 Å². The predicted octanol–water partition coefficient (Wildman–Crippen LogP) is 3.14. The quantitative estimate of drug-likeness (QED) is 0.538. The molecule has 0 saturated carbocycles. The van der Waals surface area contributed by atoms with E-state index in [1.807, 2.05) is 6.92 Å². The maximum atomic E-state index is 12.4. The van der Waals surface area contributed by atoms with Crippen LogP contribution < -0.4 is 14.8 Å². The number of aromatic nitrogens is 1. The van der Waals surface area contributed by atoms with E-state index < -0.39 is 11.7 Å². The van der Waals surface area contributed by atoms with Crippen molar-refractivity contribution in [3.05, 3.63) is 52.1 Å². The Hall–Kier alpha value is -2.41. The number of rotatable bonds is 8. The van der Waals surface area contributed by atoms with Crippen molar-refractivity contribution < 1.29 is 19.1 Å². The van der Waals surface area contributed by atoms with E-state index in [0.717, 1.165) is 6.42 Å². The molecule has 1 aromatic carbocycles. The van der Waals surface area contributed by atoms with Crippen LogP contribution >= 0.6 is 15.9 Å². The van der Waals surface area contributed by atoms with Gasteiger partial charge in [0.2, 0.25) is 5.88 Å². The normalized spacial score (nSPS) is 10.2. The monoisotopic (exact) mass is 406 g/mol. The van der Waals surface area contributed by atoms with Crippen molar-refractivity contribution in [3.63, 3.8) is 0 Å². The fourth-order valence-corrected chi connectivity index (χ4v) is 2.48. The van der Waals surface area contributed by atoms with Crippen molar-refractivity contribution >= 4 is 27.6 Å². The number of hydrogen-bond donors (Lipinski definition) is 1. The summed E-state index contributed by atoms with van der Waals surface area (Å²) in [4.78, 5) is 28.8. The fraction of sp³-hybridized carbons (Fsp3) is 0.278. The molecule has 1 amide bonds. The van der Waals surface area contributed by atoms with Crippen molar-refractivity contribution in [2.45, 2.75) is 19.9 Å². The summed E-state index contributed by atoms with van der Waals surface area (Å²) in [7, 11) is 1.45. The number of carbonyl (C=O) groups is 2. The van der Waals surface area contributed by atoms with Gasteiger partial charge in [-0.2, -0.15) is 0 Å². The zero-order valence-corrected chi connectivity index (χ0v) is 15.6. The lowest BCUT2D eigenvalue weighted by atomic mass is 10.1. The molecule has 2 rings (SSSR count). The molecule has 0 aliphatic carbocycles. The van der Waals surface area contributed by atoms with E-state index in [1.54, 1.807) is 36.5 Å². The van der Waals surface area contributed by atoms with Crippen LogP contribution in [-0.4, -0.2) is 30.4 Å². The Morgan fingerprint density at radius 1 is 1.28 bits per heavy atom. The number of amides is 1. The Morgan fingerprint density at radius 3 is 2.80 bits per heavy atom. The van der Waals surface area contributed by atoms with Gasteiger partial charge in [0.1, 0.15) is 5.75 Å². The Bertz CT molecular complexity index is 764. The minimum Gasteiger partial charge on any atom is -0.496 e. The van der Waals surface area contributed by atoms with Gasteiger partial charge in [-0.3, -0.25) is 9.59 Å². The molecule has 0 aliphatic heterocycles. The number of pyridine rings is 1. The molecule has 132 valence electrons. The van der Waals surface area contributed by atoms with Gasteiger partial charge in [0, 0.05) is 22.8 Å². The van der Waals surface area contributed by atoms with Crippen molar-refractivity contribution in [2.24, 2.45) is 0 Å². The lowest BCUT2D eigenvalue weighted by Gasteiger charge is -2.11. The molecule has 0 spiro atoms. The van der Waals surface area contributed by atoms with Gasteiger partial charge in [0.25, 0.3) is 11.7 Å². The van der Waals surface area contributed by atoms with Crippen LogP contribution in [0.1, 0.15) is 29.3 Å². The second kappa shape index (κ2) is 9.17. The number of nitrogens with one attached hydrogen (secondary N) is 1. The first-order valence-corrected chi connectivity index (χ1v) is 8.58. The summed E-state index contributed by atoms with van der Waals surface area (Å²) in [6.07, 6.45) is 2.47. The second-order valence-electron chi connectivity index (χ2n) is 5.17. The number of hydrogen-bond acceptors (Lipinski definition) is 5. The number of halogens is 1. The molecule has 6 nitrogen and oxygen atoms in total. The molecule has 0 atom stereocenters. The van der Waals surface area contributed by atoms with E-state index in [9.17, 15) is 9.59 Å². The zero-order chi connectivity index (χ0) is 18.2. The smallest absolute Gasteiger partial charge is 0.292 e. The number of benzene rings is 1. The van der Waals surface area contributed by atoms with Crippen molar-refractivity contribution in [2.75, 3.05) is 13.7 Å². The van der Waals surface area contributed by atoms with Crippen LogP contribution in [0.25, 0.3) is 0 Å². The Balaban J connectivity index is 2.08. The first-order chi connectivity index (χ1) is 12.1. The van der Waals surface area contributed by atoms with Crippen LogP contribution in [0, 0.1) is 0 Å². The number of Topliss-reactive ketones (excluding diaryl/α,β-unsaturated/α-hetero) is 1. The van der Waals surface area contributed by atoms with Crippen LogP contribution in [0.5, 0.6) is 11.6 Å². The third-order valence-corrected chi connectivity index (χ3v) is 3.84. The van der Waals surface area contributed by atoms with E-state index >= 15 is 0 Å². The summed E-state index contributed by atoms with van der Waals surface area (Å²) in [5, 5.41) is 2.61. The van der Waals surface area contributed by atoms with E-state index in [-0.39, 0.29) is 12.1 Å². The van der Waals surface area contributed by atoms with Crippen molar-refractivity contribution in [1.29, 1.82) is 0 Å². The van der Waals surface area contributed by atoms with Crippen LogP contribution in [0.3, 0.4) is 0 Å². The molecule has 0 aliphatic rings. The molecule has 0 bridgehead atoms. The van der Waals surface area contributed by atoms with Crippen LogP contribution in [-0.2, 0) is 11.3 Å². The van der Waals surface area contributed by atoms with E-state index in [2.05, 4.69) is 26.2 Å². The highest BCUT2D eigenvalue weighted by molar-refractivity contribution is 9.10. The fourth-order valence-electron chi connectivity index (χ4n) is 2.12. The largest absolute Gasteiger partial charge is 0.496 e. The van der Waals surface area contributed by atoms with Gasteiger partial charge in [-0.15, -0.1) is 0 Å². The Morgan fingerprint density at radius 2 is 2.08 bits per heavy atom. The van der Waals surface area contributed by atoms with E-state index in [4.69, 9.17) is 9.47 Å². The molecular weight excluding hydrogens is 388 g/mol. The molecule has 25 heavy (non-hydrogen) atoms. The summed E-state index contributed by atoms with van der Waals surface area (Å²) in [5.74, 6) is -0.589. The summed E-state index contributed by atoms with van der Waals surface area (Å²) < 4.78 is 11.4. The lowest BCUT2D eigenvalue weighted by molar-refractivity contribution is -0.117. The highest BCUT2D eigenvalue weighted by Gasteiger charge is 2.21. The second-order valence-corrected chi connectivity index (χ2v) is 6.09. The van der Waals surface area contributed by atoms with E-state index in [1.165, 1.54) is 7.11 Å². The maximum Gasteiger partial charge on any atom is 0.292 e. The molecule has 0 fully saturated rings. The highest BCUT2D eigenvalue weighted by Crippen LogP contribution is 2.23. The number of carbonyl (C=O) groups excluding carboxylic acids is 2. The van der Waals surface area contributed by atoms with Gasteiger partial charge in [-0.05, 0) is 30.7 Å². The molecule has 2 aromatic rings. The molecule has 1 aromatic heterocycles. The number of nitrogens with zero attached hydrogens (tertiary/aromatic N) is 1. The summed E-state index contributed by atoms with van der Waals surface area (Å²) in [6, 6.07) is 8.46. The number of ether oxygens (including phenoxy) is 2. The minimum atomic E-state index is -0.721. The van der Waals surface area contributed by atoms with Gasteiger partial charge in [-0.25, -0.2) is 4.98 Å². The third kappa shape index (κ3) is 5.03. The Labute approximate surface area is 154 Å². The van der Waals surface area contributed by atoms with Crippen LogP contribution in [0.2, 0.25) is 0 Å². The summed E-state index contributed by atoms with van der Waals surface area (Å²) in [6.45, 7) is 2.67. The average molecular weight is 407 g/mol. The SMILES string of the molecule is CCCOc1ncccc1CNC(=O)C(=O)c1cc(Br)ccc1OC. The highest BCUT2D eigenvalue weighted by atomic mass is 79.9. The standard InChI is InChI=1S/C18H19BrN2O4/c1-3-9-25-18-12(5-4-8-20-18)11-21-17(23)16(22)14-10-13(19)6-7-15(14)24-2/h4-8,10H,3,9,11H2,1-2H3,(H,21,23). The van der Waals surface area contributed by atoms with Gasteiger partial charge < -0.3 is 14.8 Å². The summed E-state index contributed by atoms with van der Waals surface area (Å²) in [5.41, 5.74) is 0.904. The van der Waals surface area contributed by atoms with Gasteiger partial charge in [0.05, 0.1) is 19.3 Å². The minimum absolute atomic E-state index is 0.147. The predicted molar refractivity (Wildman–Crippen MR) is 96.9 cm³/mol. The molecule has 1 heterocycles. The topological polar surface area (TPSA) is 77.5 Å². The molecular formula is C18H19BrN2O4. The maximum absolute atomic E-state index is 12.4. The van der Waals surface area contributed by atoms with Crippen molar-refractivity contribution in [3.8, 4) is 11.6 Å². The van der Waals surface area contributed by atoms with Crippen molar-refractivity contribution in [1.82, 2.24) is 10.3 Å². The molecule has 0 saturated heterocycles. The first kappa shape index (κ1) is 18.9. The molecule has 0 radical (unpaired) electrons. The Kier molecular flexibility index (Phi) is 6.94.